The molecule has 5 heterocycles. The third-order valence-electron chi connectivity index (χ3n) is 6.83. The van der Waals surface area contributed by atoms with Crippen molar-refractivity contribution >= 4 is 17.5 Å². The number of hydrogen-bond acceptors (Lipinski definition) is 8. The summed E-state index contributed by atoms with van der Waals surface area (Å²) in [6, 6.07) is 0.805. The van der Waals surface area contributed by atoms with Crippen LogP contribution in [-0.4, -0.2) is 71.7 Å². The van der Waals surface area contributed by atoms with Gasteiger partial charge in [0.15, 0.2) is 5.82 Å². The van der Waals surface area contributed by atoms with E-state index in [-0.39, 0.29) is 35.6 Å². The van der Waals surface area contributed by atoms with Gasteiger partial charge in [-0.1, -0.05) is 0 Å². The second-order valence-electron chi connectivity index (χ2n) is 9.08. The highest BCUT2D eigenvalue weighted by atomic mass is 19.4. The van der Waals surface area contributed by atoms with Crippen LogP contribution in [0.3, 0.4) is 0 Å². The number of carbonyl (C=O) groups excluding carboxylic acids is 1. The number of nitrogens with one attached hydrogen (secondary N) is 1. The average molecular weight is 492 g/mol. The number of pyridine rings is 1. The van der Waals surface area contributed by atoms with E-state index >= 15 is 0 Å². The lowest BCUT2D eigenvalue weighted by molar-refractivity contribution is -0.137. The lowest BCUT2D eigenvalue weighted by atomic mass is 9.95. The normalized spacial score (nSPS) is 19.5. The zero-order valence-electron chi connectivity index (χ0n) is 19.3. The largest absolute Gasteiger partial charge is 0.417 e. The Morgan fingerprint density at radius 2 is 1.89 bits per heavy atom. The SMILES string of the molecule is Nc1cc(C(F)(F)F)c(-c2nc3c(c(N4CCOCC4)n2)CCN(C(=O)C2CCNCC2)C3)cn1. The zero-order valence-corrected chi connectivity index (χ0v) is 19.3. The summed E-state index contributed by atoms with van der Waals surface area (Å²) in [5, 5.41) is 3.27. The fourth-order valence-electron chi connectivity index (χ4n) is 4.97. The number of halogens is 3. The van der Waals surface area contributed by atoms with Crippen LogP contribution in [0.2, 0.25) is 0 Å². The number of rotatable bonds is 3. The predicted molar refractivity (Wildman–Crippen MR) is 122 cm³/mol. The van der Waals surface area contributed by atoms with Crippen molar-refractivity contribution in [1.29, 1.82) is 0 Å². The molecule has 2 aromatic heterocycles. The molecule has 3 N–H and O–H groups in total. The molecule has 5 rings (SSSR count). The molecule has 3 aliphatic heterocycles. The van der Waals surface area contributed by atoms with E-state index in [0.717, 1.165) is 43.8 Å². The average Bonchev–Trinajstić information content (AvgIpc) is 2.87. The number of morpholine rings is 1. The van der Waals surface area contributed by atoms with Crippen molar-refractivity contribution in [3.05, 3.63) is 29.1 Å². The molecule has 0 radical (unpaired) electrons. The van der Waals surface area contributed by atoms with Crippen molar-refractivity contribution in [2.45, 2.75) is 32.0 Å². The molecule has 12 heteroatoms. The molecule has 0 spiro atoms. The second-order valence-corrected chi connectivity index (χ2v) is 9.08. The molecule has 0 atom stereocenters. The van der Waals surface area contributed by atoms with E-state index in [9.17, 15) is 18.0 Å². The van der Waals surface area contributed by atoms with Gasteiger partial charge in [0.1, 0.15) is 11.6 Å². The van der Waals surface area contributed by atoms with Gasteiger partial charge in [-0.05, 0) is 38.4 Å². The number of nitrogens with zero attached hydrogens (tertiary/aromatic N) is 5. The number of piperidine rings is 1. The Kier molecular flexibility index (Phi) is 6.49. The van der Waals surface area contributed by atoms with Gasteiger partial charge in [0.05, 0.1) is 31.0 Å². The van der Waals surface area contributed by atoms with Crippen LogP contribution in [-0.2, 0) is 28.7 Å². The summed E-state index contributed by atoms with van der Waals surface area (Å²) in [5.41, 5.74) is 5.85. The number of nitrogen functional groups attached to an aromatic ring is 1. The first kappa shape index (κ1) is 23.7. The minimum Gasteiger partial charge on any atom is -0.384 e. The van der Waals surface area contributed by atoms with Crippen LogP contribution in [0.5, 0.6) is 0 Å². The molecule has 2 fully saturated rings. The highest BCUT2D eigenvalue weighted by molar-refractivity contribution is 5.79. The van der Waals surface area contributed by atoms with E-state index in [0.29, 0.717) is 50.8 Å². The number of carbonyl (C=O) groups is 1. The van der Waals surface area contributed by atoms with Gasteiger partial charge in [0.25, 0.3) is 0 Å². The van der Waals surface area contributed by atoms with Gasteiger partial charge in [0.2, 0.25) is 5.91 Å². The molecular formula is C23H28F3N7O2. The van der Waals surface area contributed by atoms with E-state index in [4.69, 9.17) is 10.5 Å². The molecule has 3 aliphatic rings. The van der Waals surface area contributed by atoms with E-state index in [1.807, 2.05) is 4.90 Å². The maximum Gasteiger partial charge on any atom is 0.417 e. The maximum atomic E-state index is 13.9. The molecule has 2 saturated heterocycles. The first-order chi connectivity index (χ1) is 16.8. The van der Waals surface area contributed by atoms with Gasteiger partial charge in [-0.2, -0.15) is 13.2 Å². The van der Waals surface area contributed by atoms with Gasteiger partial charge < -0.3 is 25.6 Å². The van der Waals surface area contributed by atoms with Crippen LogP contribution in [0.25, 0.3) is 11.4 Å². The lowest BCUT2D eigenvalue weighted by Crippen LogP contribution is -2.44. The summed E-state index contributed by atoms with van der Waals surface area (Å²) in [6.07, 6.45) is -1.47. The van der Waals surface area contributed by atoms with Crippen LogP contribution in [0, 0.1) is 5.92 Å². The maximum absolute atomic E-state index is 13.9. The van der Waals surface area contributed by atoms with Crippen molar-refractivity contribution in [2.75, 3.05) is 56.6 Å². The molecule has 2 aromatic rings. The fraction of sp³-hybridized carbons (Fsp3) is 0.565. The van der Waals surface area contributed by atoms with Crippen molar-refractivity contribution in [2.24, 2.45) is 5.92 Å². The van der Waals surface area contributed by atoms with E-state index in [1.54, 1.807) is 4.90 Å². The van der Waals surface area contributed by atoms with Gasteiger partial charge in [-0.3, -0.25) is 4.79 Å². The smallest absolute Gasteiger partial charge is 0.384 e. The van der Waals surface area contributed by atoms with Crippen LogP contribution in [0.15, 0.2) is 12.3 Å². The standard InChI is InChI=1S/C23H28F3N7O2/c24-23(25,26)17-11-19(27)29-12-16(17)20-30-18-13-33(22(34)14-1-4-28-5-2-14)6-3-15(18)21(31-20)32-7-9-35-10-8-32/h11-12,14,28H,1-10,13H2,(H2,27,29). The third-order valence-corrected chi connectivity index (χ3v) is 6.83. The number of amides is 1. The van der Waals surface area contributed by atoms with E-state index in [1.165, 1.54) is 0 Å². The zero-order chi connectivity index (χ0) is 24.6. The molecule has 0 aliphatic carbocycles. The Morgan fingerprint density at radius 3 is 2.60 bits per heavy atom. The number of ether oxygens (including phenoxy) is 1. The summed E-state index contributed by atoms with van der Waals surface area (Å²) in [7, 11) is 0. The molecule has 1 amide bonds. The highest BCUT2D eigenvalue weighted by Gasteiger charge is 2.37. The quantitative estimate of drug-likeness (QED) is 0.670. The minimum absolute atomic E-state index is 0.0454. The summed E-state index contributed by atoms with van der Waals surface area (Å²) >= 11 is 0. The monoisotopic (exact) mass is 491 g/mol. The van der Waals surface area contributed by atoms with Crippen molar-refractivity contribution < 1.29 is 22.7 Å². The van der Waals surface area contributed by atoms with Gasteiger partial charge in [-0.15, -0.1) is 0 Å². The number of aromatic nitrogens is 3. The van der Waals surface area contributed by atoms with Crippen molar-refractivity contribution in [1.82, 2.24) is 25.2 Å². The molecule has 0 unspecified atom stereocenters. The lowest BCUT2D eigenvalue weighted by Gasteiger charge is -2.36. The second kappa shape index (κ2) is 9.57. The predicted octanol–water partition coefficient (Wildman–Crippen LogP) is 1.86. The number of fused-ring (bicyclic) bond motifs is 1. The van der Waals surface area contributed by atoms with Gasteiger partial charge in [-0.25, -0.2) is 15.0 Å². The molecule has 0 bridgehead atoms. The molecule has 188 valence electrons. The van der Waals surface area contributed by atoms with Gasteiger partial charge >= 0.3 is 6.18 Å². The van der Waals surface area contributed by atoms with Gasteiger partial charge in [0, 0.05) is 42.9 Å². The molecule has 35 heavy (non-hydrogen) atoms. The summed E-state index contributed by atoms with van der Waals surface area (Å²) in [5.74, 6) is 0.339. The first-order valence-corrected chi connectivity index (χ1v) is 11.9. The third kappa shape index (κ3) is 4.90. The Labute approximate surface area is 200 Å². The van der Waals surface area contributed by atoms with E-state index < -0.39 is 11.7 Å². The summed E-state index contributed by atoms with van der Waals surface area (Å²) in [6.45, 7) is 4.55. The Hall–Kier alpha value is -2.99. The number of alkyl halides is 3. The van der Waals surface area contributed by atoms with Crippen molar-refractivity contribution in [3.8, 4) is 11.4 Å². The topological polar surface area (TPSA) is 109 Å². The summed E-state index contributed by atoms with van der Waals surface area (Å²) < 4.78 is 47.0. The van der Waals surface area contributed by atoms with Crippen LogP contribution < -0.4 is 16.0 Å². The fourth-order valence-corrected chi connectivity index (χ4v) is 4.97. The first-order valence-electron chi connectivity index (χ1n) is 11.9. The number of hydrogen-bond donors (Lipinski definition) is 2. The Balaban J connectivity index is 1.56. The number of nitrogens with two attached hydrogens (primary N) is 1. The molecule has 9 nitrogen and oxygen atoms in total. The molecule has 0 saturated carbocycles. The van der Waals surface area contributed by atoms with Crippen LogP contribution in [0.4, 0.5) is 24.8 Å². The van der Waals surface area contributed by atoms with Crippen LogP contribution >= 0.6 is 0 Å². The summed E-state index contributed by atoms with van der Waals surface area (Å²) in [4.78, 5) is 30.0. The minimum atomic E-state index is -4.65. The molecular weight excluding hydrogens is 463 g/mol. The highest BCUT2D eigenvalue weighted by Crippen LogP contribution is 2.38. The van der Waals surface area contributed by atoms with Crippen molar-refractivity contribution in [3.63, 3.8) is 0 Å². The number of anilines is 2. The van der Waals surface area contributed by atoms with E-state index in [2.05, 4.69) is 20.3 Å². The Bertz CT molecular complexity index is 1100. The Morgan fingerprint density at radius 1 is 1.14 bits per heavy atom. The van der Waals surface area contributed by atoms with Crippen LogP contribution in [0.1, 0.15) is 29.7 Å². The molecule has 0 aromatic carbocycles.